The molecule has 0 amide bonds. The van der Waals surface area contributed by atoms with Crippen LogP contribution in [-0.2, 0) is 19.2 Å². The van der Waals surface area contributed by atoms with E-state index in [4.69, 9.17) is 39.6 Å². The molecule has 2 N–H and O–H groups in total. The second-order valence-corrected chi connectivity index (χ2v) is 1.19. The summed E-state index contributed by atoms with van der Waals surface area (Å²) in [5, 5.41) is 32.6. The Morgan fingerprint density at radius 3 is 0.857 bits per heavy atom. The molecule has 0 aromatic rings. The zero-order chi connectivity index (χ0) is 10.3. The van der Waals surface area contributed by atoms with Gasteiger partial charge in [0.1, 0.15) is 0 Å². The topological polar surface area (TPSA) is 155 Å². The van der Waals surface area contributed by atoms with Crippen LogP contribution in [0.3, 0.4) is 0 Å². The number of carbonyl (C=O) groups excluding carboxylic acids is 2. The summed E-state index contributed by atoms with van der Waals surface area (Å²) in [5.74, 6) is -8.02. The van der Waals surface area contributed by atoms with Gasteiger partial charge in [0.2, 0.25) is 0 Å². The molecule has 0 aromatic heterocycles. The third-order valence-electron chi connectivity index (χ3n) is 0.350. The van der Waals surface area contributed by atoms with Gasteiger partial charge in [-0.15, -0.1) is 0 Å². The molecule has 68 valence electrons. The summed E-state index contributed by atoms with van der Waals surface area (Å²) < 4.78 is 0. The van der Waals surface area contributed by atoms with Crippen molar-refractivity contribution in [2.75, 3.05) is 0 Å². The van der Waals surface area contributed by atoms with Gasteiger partial charge >= 0.3 is 150 Å². The van der Waals surface area contributed by atoms with Crippen molar-refractivity contribution >= 4 is 23.9 Å². The second-order valence-electron chi connectivity index (χ2n) is 1.19. The summed E-state index contributed by atoms with van der Waals surface area (Å²) in [6.45, 7) is 0. The maximum absolute atomic E-state index is 9.10. The van der Waals surface area contributed by atoms with Crippen LogP contribution in [0.2, 0.25) is 0 Å². The maximum atomic E-state index is 9.10. The first-order valence-electron chi connectivity index (χ1n) is 2.17. The quantitative estimate of drug-likeness (QED) is 0.350. The summed E-state index contributed by atoms with van der Waals surface area (Å²) in [6.07, 6.45) is 0. The van der Waals surface area contributed by atoms with Crippen molar-refractivity contribution in [1.29, 1.82) is 0 Å². The Balaban J connectivity index is -0.0000000625. The van der Waals surface area contributed by atoms with Gasteiger partial charge in [-0.1, -0.05) is 0 Å². The van der Waals surface area contributed by atoms with Crippen LogP contribution in [0.1, 0.15) is 0 Å². The summed E-state index contributed by atoms with van der Waals surface area (Å²) in [6, 6.07) is 0. The average molecular weight is 444 g/mol. The van der Waals surface area contributed by atoms with E-state index in [0.717, 1.165) is 0 Å². The van der Waals surface area contributed by atoms with Crippen molar-refractivity contribution in [3.63, 3.8) is 0 Å². The zero-order valence-electron chi connectivity index (χ0n) is 7.34. The molecule has 10 heteroatoms. The fraction of sp³-hybridized carbons (Fsp3) is 0. The van der Waals surface area contributed by atoms with Gasteiger partial charge in [0, 0.05) is 0 Å². The van der Waals surface area contributed by atoms with E-state index < -0.39 is 23.9 Å². The maximum Gasteiger partial charge on any atom is 1.00 e. The number of rotatable bonds is 0. The Morgan fingerprint density at radius 2 is 0.857 bits per heavy atom. The molecular weight excluding hydrogens is 442 g/mol. The van der Waals surface area contributed by atoms with Gasteiger partial charge in [-0.05, 0) is 0 Å². The van der Waals surface area contributed by atoms with Crippen LogP contribution >= 0.6 is 0 Å². The Bertz CT molecular complexity index is 175. The zero-order valence-corrected chi connectivity index (χ0v) is 19.9. The SMILES string of the molecule is O=C(O)C(=O)O.O=C([O-])C(=O)[O-].[Cs+].[Cs+]. The van der Waals surface area contributed by atoms with Crippen molar-refractivity contribution in [2.45, 2.75) is 0 Å². The van der Waals surface area contributed by atoms with E-state index in [1.54, 1.807) is 0 Å². The molecule has 0 rings (SSSR count). The number of hydrogen-bond donors (Lipinski definition) is 2. The van der Waals surface area contributed by atoms with Crippen molar-refractivity contribution in [3.05, 3.63) is 0 Å². The van der Waals surface area contributed by atoms with E-state index in [-0.39, 0.29) is 138 Å². The molecule has 8 nitrogen and oxygen atoms in total. The number of aliphatic carboxylic acids is 4. The normalized spacial score (nSPS) is 6.29. The number of carboxylic acids is 4. The molecule has 0 unspecified atom stereocenters. The fourth-order valence-electron chi connectivity index (χ4n) is 0. The molecule has 0 radical (unpaired) electrons. The first kappa shape index (κ1) is 25.0. The minimum absolute atomic E-state index is 0. The Morgan fingerprint density at radius 1 is 0.714 bits per heavy atom. The fourth-order valence-corrected chi connectivity index (χ4v) is 0. The summed E-state index contributed by atoms with van der Waals surface area (Å²) >= 11 is 0. The first-order chi connectivity index (χ1) is 5.29. The first-order valence-corrected chi connectivity index (χ1v) is 2.17. The average Bonchev–Trinajstić information content (AvgIpc) is 1.88. The van der Waals surface area contributed by atoms with Crippen LogP contribution in [0.5, 0.6) is 0 Å². The number of hydrogen-bond acceptors (Lipinski definition) is 6. The molecule has 0 bridgehead atoms. The van der Waals surface area contributed by atoms with Crippen LogP contribution < -0.4 is 148 Å². The second kappa shape index (κ2) is 15.0. The number of carboxylic acid groups (broad SMARTS) is 4. The van der Waals surface area contributed by atoms with E-state index in [2.05, 4.69) is 0 Å². The predicted molar refractivity (Wildman–Crippen MR) is 25.3 cm³/mol. The van der Waals surface area contributed by atoms with Crippen molar-refractivity contribution < 1.29 is 177 Å². The van der Waals surface area contributed by atoms with E-state index in [0.29, 0.717) is 0 Å². The Labute approximate surface area is 195 Å². The summed E-state index contributed by atoms with van der Waals surface area (Å²) in [4.78, 5) is 36.1. The molecule has 0 fully saturated rings. The standard InChI is InChI=1S/2C2H2O4.2Cs/c2*3-1(4)2(5)6;;/h2*(H,3,4)(H,5,6);;/q;;2*+1/p-2. The number of carbonyl (C=O) groups is 4. The van der Waals surface area contributed by atoms with Gasteiger partial charge in [-0.2, -0.15) is 0 Å². The van der Waals surface area contributed by atoms with E-state index in [1.807, 2.05) is 0 Å². The molecule has 0 aromatic carbocycles. The Kier molecular flexibility index (Phi) is 26.7. The van der Waals surface area contributed by atoms with Crippen LogP contribution in [0.25, 0.3) is 0 Å². The monoisotopic (exact) mass is 444 g/mol. The molecule has 0 saturated heterocycles. The Hall–Kier alpha value is 1.98. The molecular formula is C4H2Cs2O8. The molecule has 0 atom stereocenters. The molecule has 0 aliphatic carbocycles. The van der Waals surface area contributed by atoms with Gasteiger partial charge in [-0.25, -0.2) is 9.59 Å². The molecule has 0 aliphatic heterocycles. The third kappa shape index (κ3) is 23.7. The van der Waals surface area contributed by atoms with Crippen LogP contribution in [0.4, 0.5) is 0 Å². The molecule has 0 saturated carbocycles. The van der Waals surface area contributed by atoms with Crippen molar-refractivity contribution in [2.24, 2.45) is 0 Å². The molecule has 0 aliphatic rings. The largest absolute Gasteiger partial charge is 1.00 e. The van der Waals surface area contributed by atoms with Crippen molar-refractivity contribution in [3.8, 4) is 0 Å². The minimum Gasteiger partial charge on any atom is -0.543 e. The van der Waals surface area contributed by atoms with E-state index >= 15 is 0 Å². The van der Waals surface area contributed by atoms with Gasteiger partial charge in [0.25, 0.3) is 0 Å². The van der Waals surface area contributed by atoms with Gasteiger partial charge in [0.15, 0.2) is 0 Å². The molecule has 0 spiro atoms. The van der Waals surface area contributed by atoms with Gasteiger partial charge in [-0.3, -0.25) is 0 Å². The predicted octanol–water partition coefficient (Wildman–Crippen LogP) is -10.4. The van der Waals surface area contributed by atoms with Crippen LogP contribution in [0, 0.1) is 0 Å². The van der Waals surface area contributed by atoms with E-state index in [9.17, 15) is 0 Å². The summed E-state index contributed by atoms with van der Waals surface area (Å²) in [7, 11) is 0. The van der Waals surface area contributed by atoms with Crippen LogP contribution in [0.15, 0.2) is 0 Å². The van der Waals surface area contributed by atoms with Crippen LogP contribution in [-0.4, -0.2) is 34.1 Å². The smallest absolute Gasteiger partial charge is 0.543 e. The summed E-state index contributed by atoms with van der Waals surface area (Å²) in [5.41, 5.74) is 0. The minimum atomic E-state index is -2.19. The molecule has 14 heavy (non-hydrogen) atoms. The van der Waals surface area contributed by atoms with Crippen molar-refractivity contribution in [1.82, 2.24) is 0 Å². The van der Waals surface area contributed by atoms with E-state index in [1.165, 1.54) is 0 Å². The van der Waals surface area contributed by atoms with Gasteiger partial charge < -0.3 is 30.0 Å². The van der Waals surface area contributed by atoms with Gasteiger partial charge in [0.05, 0.1) is 11.9 Å². The molecule has 0 heterocycles. The third-order valence-corrected chi connectivity index (χ3v) is 0.350.